The summed E-state index contributed by atoms with van der Waals surface area (Å²) in [5, 5.41) is 0. The zero-order chi connectivity index (χ0) is 16.9. The third-order valence-electron chi connectivity index (χ3n) is 4.41. The number of fused-ring (bicyclic) bond motifs is 1. The summed E-state index contributed by atoms with van der Waals surface area (Å²) in [6, 6.07) is 15.8. The van der Waals surface area contributed by atoms with Gasteiger partial charge in [-0.2, -0.15) is 0 Å². The highest BCUT2D eigenvalue weighted by atomic mass is 16.5. The lowest BCUT2D eigenvalue weighted by molar-refractivity contribution is -0.116. The largest absolute Gasteiger partial charge is 0.489 e. The first-order valence-electron chi connectivity index (χ1n) is 8.48. The zero-order valence-electron chi connectivity index (χ0n) is 14.0. The second kappa shape index (κ2) is 7.43. The van der Waals surface area contributed by atoms with E-state index in [2.05, 4.69) is 18.2 Å². The molecule has 1 unspecified atom stereocenters. The number of Topliss-reactive ketones (excluding diaryl/α,β-unsaturated/α-hetero) is 2. The van der Waals surface area contributed by atoms with E-state index in [1.54, 1.807) is 6.92 Å². The Morgan fingerprint density at radius 1 is 1.08 bits per heavy atom. The van der Waals surface area contributed by atoms with Gasteiger partial charge in [-0.3, -0.25) is 4.79 Å². The number of hydrogen-bond acceptors (Lipinski definition) is 3. The van der Waals surface area contributed by atoms with Gasteiger partial charge in [0.05, 0.1) is 5.56 Å². The van der Waals surface area contributed by atoms with E-state index in [0.29, 0.717) is 24.2 Å². The average Bonchev–Trinajstić information content (AvgIpc) is 2.59. The standard InChI is InChI=1S/C21H22O3/c1-15(22)9-10-16-5-4-6-17(13-16)11-12-18-14-20(23)19-7-2-3-8-21(19)24-18/h2-8,13,18H,9-12,14H2,1H3. The van der Waals surface area contributed by atoms with Crippen molar-refractivity contribution in [3.05, 3.63) is 65.2 Å². The second-order valence-electron chi connectivity index (χ2n) is 6.42. The SMILES string of the molecule is CC(=O)CCc1cccc(CCC2CC(=O)c3ccccc3O2)c1. The Labute approximate surface area is 142 Å². The first-order valence-corrected chi connectivity index (χ1v) is 8.48. The zero-order valence-corrected chi connectivity index (χ0v) is 14.0. The van der Waals surface area contributed by atoms with Crippen LogP contribution < -0.4 is 4.74 Å². The first kappa shape index (κ1) is 16.4. The smallest absolute Gasteiger partial charge is 0.170 e. The van der Waals surface area contributed by atoms with Gasteiger partial charge in [-0.15, -0.1) is 0 Å². The topological polar surface area (TPSA) is 43.4 Å². The minimum absolute atomic E-state index is 0.0618. The lowest BCUT2D eigenvalue weighted by Gasteiger charge is -2.25. The maximum Gasteiger partial charge on any atom is 0.170 e. The van der Waals surface area contributed by atoms with Gasteiger partial charge in [0.1, 0.15) is 17.6 Å². The van der Waals surface area contributed by atoms with Crippen LogP contribution in [0.25, 0.3) is 0 Å². The van der Waals surface area contributed by atoms with Crippen LogP contribution in [0.5, 0.6) is 5.75 Å². The van der Waals surface area contributed by atoms with E-state index in [9.17, 15) is 9.59 Å². The maximum absolute atomic E-state index is 12.2. The Morgan fingerprint density at radius 2 is 1.83 bits per heavy atom. The molecule has 0 saturated heterocycles. The maximum atomic E-state index is 12.2. The van der Waals surface area contributed by atoms with Gasteiger partial charge in [-0.25, -0.2) is 0 Å². The van der Waals surface area contributed by atoms with Crippen LogP contribution in [-0.4, -0.2) is 17.7 Å². The molecule has 1 atom stereocenters. The van der Waals surface area contributed by atoms with Crippen LogP contribution in [0.3, 0.4) is 0 Å². The van der Waals surface area contributed by atoms with Crippen LogP contribution in [0.2, 0.25) is 0 Å². The molecule has 0 spiro atoms. The van der Waals surface area contributed by atoms with Crippen molar-refractivity contribution >= 4 is 11.6 Å². The predicted octanol–water partition coefficient (Wildman–Crippen LogP) is 4.17. The summed E-state index contributed by atoms with van der Waals surface area (Å²) < 4.78 is 5.97. The number of para-hydroxylation sites is 1. The fraction of sp³-hybridized carbons (Fsp3) is 0.333. The summed E-state index contributed by atoms with van der Waals surface area (Å²) in [5.41, 5.74) is 3.11. The van der Waals surface area contributed by atoms with Gasteiger partial charge in [-0.1, -0.05) is 36.4 Å². The molecule has 0 bridgehead atoms. The molecule has 0 radical (unpaired) electrons. The summed E-state index contributed by atoms with van der Waals surface area (Å²) >= 11 is 0. The molecule has 0 aromatic heterocycles. The molecule has 3 rings (SSSR count). The monoisotopic (exact) mass is 322 g/mol. The molecule has 0 fully saturated rings. The van der Waals surface area contributed by atoms with Gasteiger partial charge >= 0.3 is 0 Å². The quantitative estimate of drug-likeness (QED) is 0.801. The lowest BCUT2D eigenvalue weighted by atomic mass is 9.96. The molecule has 3 nitrogen and oxygen atoms in total. The number of ether oxygens (including phenoxy) is 1. The van der Waals surface area contributed by atoms with Crippen LogP contribution in [0.15, 0.2) is 48.5 Å². The number of benzene rings is 2. The lowest BCUT2D eigenvalue weighted by Crippen LogP contribution is -2.27. The summed E-state index contributed by atoms with van der Waals surface area (Å²) in [6.07, 6.45) is 3.44. The highest BCUT2D eigenvalue weighted by Gasteiger charge is 2.25. The van der Waals surface area contributed by atoms with Gasteiger partial charge in [-0.05, 0) is 49.4 Å². The highest BCUT2D eigenvalue weighted by Crippen LogP contribution is 2.28. The molecule has 0 amide bonds. The molecular formula is C21H22O3. The van der Waals surface area contributed by atoms with Crippen LogP contribution in [0.1, 0.15) is 47.7 Å². The van der Waals surface area contributed by atoms with Crippen LogP contribution in [0.4, 0.5) is 0 Å². The number of carbonyl (C=O) groups excluding carboxylic acids is 2. The van der Waals surface area contributed by atoms with Crippen molar-refractivity contribution in [2.45, 2.75) is 45.1 Å². The van der Waals surface area contributed by atoms with Gasteiger partial charge in [0.2, 0.25) is 0 Å². The molecule has 0 aliphatic carbocycles. The van der Waals surface area contributed by atoms with Crippen molar-refractivity contribution in [1.82, 2.24) is 0 Å². The Hall–Kier alpha value is -2.42. The van der Waals surface area contributed by atoms with Crippen molar-refractivity contribution in [3.63, 3.8) is 0 Å². The van der Waals surface area contributed by atoms with Crippen molar-refractivity contribution in [2.24, 2.45) is 0 Å². The molecule has 0 saturated carbocycles. The fourth-order valence-electron chi connectivity index (χ4n) is 3.09. The Balaban J connectivity index is 1.59. The fourth-order valence-corrected chi connectivity index (χ4v) is 3.09. The normalized spacial score (nSPS) is 16.4. The van der Waals surface area contributed by atoms with Crippen LogP contribution in [0, 0.1) is 0 Å². The summed E-state index contributed by atoms with van der Waals surface area (Å²) in [5.74, 6) is 1.08. The molecule has 124 valence electrons. The molecule has 1 heterocycles. The molecule has 2 aromatic carbocycles. The van der Waals surface area contributed by atoms with Crippen LogP contribution in [-0.2, 0) is 17.6 Å². The van der Waals surface area contributed by atoms with Crippen molar-refractivity contribution in [2.75, 3.05) is 0 Å². The molecule has 3 heteroatoms. The number of carbonyl (C=O) groups is 2. The molecule has 1 aliphatic rings. The Bertz CT molecular complexity index is 748. The number of aryl methyl sites for hydroxylation is 2. The van der Waals surface area contributed by atoms with Gasteiger partial charge in [0.25, 0.3) is 0 Å². The second-order valence-corrected chi connectivity index (χ2v) is 6.42. The Kier molecular flexibility index (Phi) is 5.09. The Morgan fingerprint density at radius 3 is 2.62 bits per heavy atom. The van der Waals surface area contributed by atoms with E-state index in [4.69, 9.17) is 4.74 Å². The summed E-state index contributed by atoms with van der Waals surface area (Å²) in [7, 11) is 0. The molecular weight excluding hydrogens is 300 g/mol. The van der Waals surface area contributed by atoms with Crippen molar-refractivity contribution in [1.29, 1.82) is 0 Å². The van der Waals surface area contributed by atoms with E-state index in [-0.39, 0.29) is 17.7 Å². The van der Waals surface area contributed by atoms with E-state index in [1.807, 2.05) is 30.3 Å². The van der Waals surface area contributed by atoms with Crippen molar-refractivity contribution in [3.8, 4) is 5.75 Å². The third-order valence-corrected chi connectivity index (χ3v) is 4.41. The van der Waals surface area contributed by atoms with Gasteiger partial charge in [0, 0.05) is 12.8 Å². The molecule has 2 aromatic rings. The number of ketones is 2. The number of hydrogen-bond donors (Lipinski definition) is 0. The minimum Gasteiger partial charge on any atom is -0.489 e. The summed E-state index contributed by atoms with van der Waals surface area (Å²) in [6.45, 7) is 1.62. The molecule has 1 aliphatic heterocycles. The van der Waals surface area contributed by atoms with Crippen LogP contribution >= 0.6 is 0 Å². The number of rotatable bonds is 6. The van der Waals surface area contributed by atoms with E-state index >= 15 is 0 Å². The minimum atomic E-state index is -0.0618. The average molecular weight is 322 g/mol. The highest BCUT2D eigenvalue weighted by molar-refractivity contribution is 5.99. The van der Waals surface area contributed by atoms with Crippen molar-refractivity contribution < 1.29 is 14.3 Å². The summed E-state index contributed by atoms with van der Waals surface area (Å²) in [4.78, 5) is 23.3. The van der Waals surface area contributed by atoms with Gasteiger partial charge in [0.15, 0.2) is 5.78 Å². The molecule has 0 N–H and O–H groups in total. The third kappa shape index (κ3) is 4.10. The van der Waals surface area contributed by atoms with E-state index < -0.39 is 0 Å². The predicted molar refractivity (Wildman–Crippen MR) is 93.6 cm³/mol. The molecule has 24 heavy (non-hydrogen) atoms. The van der Waals surface area contributed by atoms with E-state index in [1.165, 1.54) is 11.1 Å². The van der Waals surface area contributed by atoms with Gasteiger partial charge < -0.3 is 9.53 Å². The first-order chi connectivity index (χ1) is 11.6. The van der Waals surface area contributed by atoms with E-state index in [0.717, 1.165) is 19.3 Å².